The Morgan fingerprint density at radius 2 is 2.25 bits per heavy atom. The maximum atomic E-state index is 11.4. The molecule has 104 valence electrons. The van der Waals surface area contributed by atoms with E-state index < -0.39 is 5.97 Å². The lowest BCUT2D eigenvalue weighted by Crippen LogP contribution is -2.10. The molecular weight excluding hydrogens is 256 g/mol. The molecule has 6 heteroatoms. The molecule has 0 fully saturated rings. The number of rotatable bonds is 5. The smallest absolute Gasteiger partial charge is 0.358 e. The van der Waals surface area contributed by atoms with Gasteiger partial charge in [0.15, 0.2) is 5.69 Å². The third kappa shape index (κ3) is 3.28. The number of carbonyl (C=O) groups is 1. The summed E-state index contributed by atoms with van der Waals surface area (Å²) in [6.07, 6.45) is 5.60. The van der Waals surface area contributed by atoms with E-state index in [1.54, 1.807) is 12.4 Å². The van der Waals surface area contributed by atoms with Crippen molar-refractivity contribution in [3.8, 4) is 0 Å². The predicted molar refractivity (Wildman–Crippen MR) is 74.3 cm³/mol. The number of aryl methyl sites for hydroxylation is 1. The number of carbonyl (C=O) groups excluding carboxylic acids is 1. The molecule has 1 N–H and O–H groups in total. The van der Waals surface area contributed by atoms with E-state index in [0.717, 1.165) is 12.1 Å². The zero-order chi connectivity index (χ0) is 14.4. The molecule has 0 aromatic carbocycles. The second kappa shape index (κ2) is 6.60. The van der Waals surface area contributed by atoms with Crippen LogP contribution in [0, 0.1) is 0 Å². The first-order valence-corrected chi connectivity index (χ1v) is 6.31. The van der Waals surface area contributed by atoms with Gasteiger partial charge < -0.3 is 10.1 Å². The Labute approximate surface area is 117 Å². The Morgan fingerprint density at radius 1 is 1.40 bits per heavy atom. The normalized spacial score (nSPS) is 10.1. The molecule has 20 heavy (non-hydrogen) atoms. The van der Waals surface area contributed by atoms with Gasteiger partial charge in [0.1, 0.15) is 5.82 Å². The predicted octanol–water partition coefficient (Wildman–Crippen LogP) is 1.83. The van der Waals surface area contributed by atoms with Crippen molar-refractivity contribution < 1.29 is 9.53 Å². The molecule has 0 bridgehead atoms. The quantitative estimate of drug-likeness (QED) is 0.837. The molecule has 0 atom stereocenters. The highest BCUT2D eigenvalue weighted by Gasteiger charge is 2.09. The van der Waals surface area contributed by atoms with Gasteiger partial charge in [-0.3, -0.25) is 9.97 Å². The van der Waals surface area contributed by atoms with Crippen LogP contribution >= 0.6 is 0 Å². The Bertz CT molecular complexity index is 601. The van der Waals surface area contributed by atoms with E-state index in [1.165, 1.54) is 18.9 Å². The highest BCUT2D eigenvalue weighted by Crippen LogP contribution is 2.09. The maximum Gasteiger partial charge on any atom is 0.358 e. The van der Waals surface area contributed by atoms with Crippen LogP contribution in [0.5, 0.6) is 0 Å². The molecular formula is C14H16N4O2. The molecule has 0 aliphatic carbocycles. The number of esters is 1. The van der Waals surface area contributed by atoms with Gasteiger partial charge in [0.05, 0.1) is 31.7 Å². The second-order valence-corrected chi connectivity index (χ2v) is 4.10. The minimum Gasteiger partial charge on any atom is -0.464 e. The average molecular weight is 272 g/mol. The molecule has 0 amide bonds. The Morgan fingerprint density at radius 3 is 3.00 bits per heavy atom. The van der Waals surface area contributed by atoms with Gasteiger partial charge in [-0.15, -0.1) is 0 Å². The summed E-state index contributed by atoms with van der Waals surface area (Å²) < 4.78 is 4.61. The number of pyridine rings is 1. The van der Waals surface area contributed by atoms with Crippen molar-refractivity contribution in [2.24, 2.45) is 0 Å². The molecule has 0 radical (unpaired) electrons. The van der Waals surface area contributed by atoms with Crippen molar-refractivity contribution in [2.45, 2.75) is 19.9 Å². The van der Waals surface area contributed by atoms with Gasteiger partial charge in [0.25, 0.3) is 0 Å². The van der Waals surface area contributed by atoms with E-state index >= 15 is 0 Å². The number of methoxy groups -OCH3 is 1. The van der Waals surface area contributed by atoms with Crippen molar-refractivity contribution in [3.63, 3.8) is 0 Å². The average Bonchev–Trinajstić information content (AvgIpc) is 2.52. The van der Waals surface area contributed by atoms with Crippen LogP contribution < -0.4 is 5.32 Å². The van der Waals surface area contributed by atoms with E-state index in [2.05, 4.69) is 31.9 Å². The SMILES string of the molecule is CCc1cccnc1CNc1cncc(C(=O)OC)n1. The fourth-order valence-corrected chi connectivity index (χ4v) is 1.78. The van der Waals surface area contributed by atoms with Crippen molar-refractivity contribution in [3.05, 3.63) is 47.7 Å². The first-order chi connectivity index (χ1) is 9.74. The third-order valence-corrected chi connectivity index (χ3v) is 2.83. The summed E-state index contributed by atoms with van der Waals surface area (Å²) in [5.74, 6) is 0.00818. The van der Waals surface area contributed by atoms with E-state index in [0.29, 0.717) is 12.4 Å². The van der Waals surface area contributed by atoms with Gasteiger partial charge in [-0.25, -0.2) is 9.78 Å². The lowest BCUT2D eigenvalue weighted by atomic mass is 10.1. The summed E-state index contributed by atoms with van der Waals surface area (Å²) in [5, 5.41) is 3.11. The molecule has 2 heterocycles. The van der Waals surface area contributed by atoms with Crippen LogP contribution in [0.1, 0.15) is 28.7 Å². The number of anilines is 1. The fraction of sp³-hybridized carbons (Fsp3) is 0.286. The van der Waals surface area contributed by atoms with Crippen molar-refractivity contribution in [2.75, 3.05) is 12.4 Å². The number of ether oxygens (including phenoxy) is 1. The molecule has 0 saturated heterocycles. The van der Waals surface area contributed by atoms with Crippen LogP contribution in [0.25, 0.3) is 0 Å². The van der Waals surface area contributed by atoms with Crippen molar-refractivity contribution in [1.82, 2.24) is 15.0 Å². The van der Waals surface area contributed by atoms with E-state index in [4.69, 9.17) is 0 Å². The molecule has 2 rings (SSSR count). The first-order valence-electron chi connectivity index (χ1n) is 6.31. The number of nitrogens with one attached hydrogen (secondary N) is 1. The van der Waals surface area contributed by atoms with Gasteiger partial charge >= 0.3 is 5.97 Å². The summed E-state index contributed by atoms with van der Waals surface area (Å²) in [6, 6.07) is 3.96. The summed E-state index contributed by atoms with van der Waals surface area (Å²) in [4.78, 5) is 23.8. The molecule has 0 spiro atoms. The standard InChI is InChI=1S/C14H16N4O2/c1-3-10-5-4-6-16-11(10)8-17-13-9-15-7-12(18-13)14(19)20-2/h4-7,9H,3,8H2,1-2H3,(H,17,18). The zero-order valence-corrected chi connectivity index (χ0v) is 11.5. The lowest BCUT2D eigenvalue weighted by Gasteiger charge is -2.08. The van der Waals surface area contributed by atoms with E-state index in [1.807, 2.05) is 12.1 Å². The largest absolute Gasteiger partial charge is 0.464 e. The topological polar surface area (TPSA) is 77.0 Å². The third-order valence-electron chi connectivity index (χ3n) is 2.83. The minimum atomic E-state index is -0.506. The van der Waals surface area contributed by atoms with Crippen LogP contribution in [0.3, 0.4) is 0 Å². The number of hydrogen-bond donors (Lipinski definition) is 1. The van der Waals surface area contributed by atoms with Gasteiger partial charge in [0, 0.05) is 6.20 Å². The Hall–Kier alpha value is -2.50. The van der Waals surface area contributed by atoms with Gasteiger partial charge in [-0.1, -0.05) is 13.0 Å². The summed E-state index contributed by atoms with van der Waals surface area (Å²) >= 11 is 0. The van der Waals surface area contributed by atoms with Gasteiger partial charge in [0.2, 0.25) is 0 Å². The summed E-state index contributed by atoms with van der Waals surface area (Å²) in [6.45, 7) is 2.61. The Kier molecular flexibility index (Phi) is 4.60. The summed E-state index contributed by atoms with van der Waals surface area (Å²) in [5.41, 5.74) is 2.31. The fourth-order valence-electron chi connectivity index (χ4n) is 1.78. The van der Waals surface area contributed by atoms with Gasteiger partial charge in [-0.2, -0.15) is 0 Å². The molecule has 2 aromatic heterocycles. The van der Waals surface area contributed by atoms with Crippen LogP contribution in [0.4, 0.5) is 5.82 Å². The number of aromatic nitrogens is 3. The molecule has 0 aliphatic rings. The van der Waals surface area contributed by atoms with E-state index in [9.17, 15) is 4.79 Å². The van der Waals surface area contributed by atoms with E-state index in [-0.39, 0.29) is 5.69 Å². The van der Waals surface area contributed by atoms with Crippen LogP contribution in [-0.2, 0) is 17.7 Å². The molecule has 0 unspecified atom stereocenters. The summed E-state index contributed by atoms with van der Waals surface area (Å²) in [7, 11) is 1.31. The number of nitrogens with zero attached hydrogens (tertiary/aromatic N) is 3. The highest BCUT2D eigenvalue weighted by atomic mass is 16.5. The Balaban J connectivity index is 2.09. The maximum absolute atomic E-state index is 11.4. The first kappa shape index (κ1) is 13.9. The van der Waals surface area contributed by atoms with Crippen LogP contribution in [0.15, 0.2) is 30.7 Å². The van der Waals surface area contributed by atoms with Crippen LogP contribution in [0.2, 0.25) is 0 Å². The second-order valence-electron chi connectivity index (χ2n) is 4.10. The van der Waals surface area contributed by atoms with Gasteiger partial charge in [-0.05, 0) is 18.1 Å². The van der Waals surface area contributed by atoms with Crippen molar-refractivity contribution in [1.29, 1.82) is 0 Å². The molecule has 6 nitrogen and oxygen atoms in total. The molecule has 2 aromatic rings. The van der Waals surface area contributed by atoms with Crippen LogP contribution in [-0.4, -0.2) is 28.0 Å². The zero-order valence-electron chi connectivity index (χ0n) is 11.5. The monoisotopic (exact) mass is 272 g/mol. The van der Waals surface area contributed by atoms with Crippen molar-refractivity contribution >= 4 is 11.8 Å². The highest BCUT2D eigenvalue weighted by molar-refractivity contribution is 5.87. The molecule has 0 saturated carbocycles. The lowest BCUT2D eigenvalue weighted by molar-refractivity contribution is 0.0593. The number of hydrogen-bond acceptors (Lipinski definition) is 6. The molecule has 0 aliphatic heterocycles. The minimum absolute atomic E-state index is 0.175.